The highest BCUT2D eigenvalue weighted by Gasteiger charge is 2.22. The fourth-order valence-corrected chi connectivity index (χ4v) is 2.43. The SMILES string of the molecule is NC(=O)CN1CCN(CC2CCCO2)CC1. The van der Waals surface area contributed by atoms with Gasteiger partial charge in [-0.2, -0.15) is 0 Å². The van der Waals surface area contributed by atoms with E-state index in [9.17, 15) is 4.79 Å². The number of primary amides is 1. The van der Waals surface area contributed by atoms with Gasteiger partial charge < -0.3 is 10.5 Å². The third kappa shape index (κ3) is 3.43. The first-order chi connectivity index (χ1) is 7.74. The number of carbonyl (C=O) groups excluding carboxylic acids is 1. The molecule has 0 spiro atoms. The zero-order valence-electron chi connectivity index (χ0n) is 9.73. The van der Waals surface area contributed by atoms with Crippen molar-refractivity contribution in [3.05, 3.63) is 0 Å². The van der Waals surface area contributed by atoms with Gasteiger partial charge in [0, 0.05) is 39.3 Å². The zero-order chi connectivity index (χ0) is 11.4. The second kappa shape index (κ2) is 5.61. The van der Waals surface area contributed by atoms with Crippen molar-refractivity contribution in [2.24, 2.45) is 5.73 Å². The summed E-state index contributed by atoms with van der Waals surface area (Å²) in [5, 5.41) is 0. The predicted octanol–water partition coefficient (Wildman–Crippen LogP) is -0.732. The summed E-state index contributed by atoms with van der Waals surface area (Å²) >= 11 is 0. The number of ether oxygens (including phenoxy) is 1. The van der Waals surface area contributed by atoms with Gasteiger partial charge in [-0.1, -0.05) is 0 Å². The number of hydrogen-bond donors (Lipinski definition) is 1. The fourth-order valence-electron chi connectivity index (χ4n) is 2.43. The van der Waals surface area contributed by atoms with E-state index in [2.05, 4.69) is 9.80 Å². The molecular formula is C11H21N3O2. The van der Waals surface area contributed by atoms with Crippen molar-refractivity contribution in [3.63, 3.8) is 0 Å². The topological polar surface area (TPSA) is 58.8 Å². The maximum atomic E-state index is 10.8. The van der Waals surface area contributed by atoms with Crippen molar-refractivity contribution in [3.8, 4) is 0 Å². The molecule has 5 heteroatoms. The Morgan fingerprint density at radius 1 is 1.25 bits per heavy atom. The third-order valence-electron chi connectivity index (χ3n) is 3.33. The molecule has 0 bridgehead atoms. The molecule has 1 atom stereocenters. The van der Waals surface area contributed by atoms with Crippen LogP contribution in [0, 0.1) is 0 Å². The average Bonchev–Trinajstić information content (AvgIpc) is 2.73. The molecule has 0 aromatic rings. The summed E-state index contributed by atoms with van der Waals surface area (Å²) in [7, 11) is 0. The summed E-state index contributed by atoms with van der Waals surface area (Å²) in [6, 6.07) is 0. The second-order valence-electron chi connectivity index (χ2n) is 4.68. The molecule has 92 valence electrons. The van der Waals surface area contributed by atoms with Crippen LogP contribution < -0.4 is 5.73 Å². The average molecular weight is 227 g/mol. The van der Waals surface area contributed by atoms with Gasteiger partial charge in [-0.25, -0.2) is 0 Å². The number of rotatable bonds is 4. The number of piperazine rings is 1. The van der Waals surface area contributed by atoms with Crippen molar-refractivity contribution in [1.82, 2.24) is 9.80 Å². The van der Waals surface area contributed by atoms with Crippen LogP contribution in [-0.4, -0.2) is 67.7 Å². The predicted molar refractivity (Wildman–Crippen MR) is 61.0 cm³/mol. The van der Waals surface area contributed by atoms with E-state index in [0.717, 1.165) is 39.3 Å². The zero-order valence-corrected chi connectivity index (χ0v) is 9.73. The molecule has 0 aromatic carbocycles. The fraction of sp³-hybridized carbons (Fsp3) is 0.909. The number of nitrogens with two attached hydrogens (primary N) is 1. The minimum Gasteiger partial charge on any atom is -0.377 e. The smallest absolute Gasteiger partial charge is 0.231 e. The Kier molecular flexibility index (Phi) is 4.15. The largest absolute Gasteiger partial charge is 0.377 e. The normalized spacial score (nSPS) is 28.4. The van der Waals surface area contributed by atoms with Crippen molar-refractivity contribution in [2.45, 2.75) is 18.9 Å². The summed E-state index contributed by atoms with van der Waals surface area (Å²) < 4.78 is 5.62. The highest BCUT2D eigenvalue weighted by atomic mass is 16.5. The molecule has 2 rings (SSSR count). The summed E-state index contributed by atoms with van der Waals surface area (Å²) in [5.41, 5.74) is 5.18. The van der Waals surface area contributed by atoms with Crippen LogP contribution in [0.5, 0.6) is 0 Å². The molecule has 2 heterocycles. The van der Waals surface area contributed by atoms with Gasteiger partial charge in [0.15, 0.2) is 0 Å². The van der Waals surface area contributed by atoms with Gasteiger partial charge in [0.2, 0.25) is 5.91 Å². The molecule has 0 aromatic heterocycles. The van der Waals surface area contributed by atoms with Crippen molar-refractivity contribution < 1.29 is 9.53 Å². The van der Waals surface area contributed by atoms with Crippen LogP contribution in [0.15, 0.2) is 0 Å². The van der Waals surface area contributed by atoms with E-state index in [1.54, 1.807) is 0 Å². The first-order valence-electron chi connectivity index (χ1n) is 6.08. The summed E-state index contributed by atoms with van der Waals surface area (Å²) in [4.78, 5) is 15.3. The minimum atomic E-state index is -0.229. The van der Waals surface area contributed by atoms with Crippen molar-refractivity contribution in [1.29, 1.82) is 0 Å². The Bertz CT molecular complexity index is 233. The standard InChI is InChI=1S/C11H21N3O2/c12-11(15)9-14-5-3-13(4-6-14)8-10-2-1-7-16-10/h10H,1-9H2,(H2,12,15). The molecule has 2 aliphatic rings. The van der Waals surface area contributed by atoms with Gasteiger partial charge in [0.1, 0.15) is 0 Å². The molecule has 5 nitrogen and oxygen atoms in total. The molecule has 1 unspecified atom stereocenters. The number of nitrogens with zero attached hydrogens (tertiary/aromatic N) is 2. The van der Waals surface area contributed by atoms with Crippen LogP contribution in [0.4, 0.5) is 0 Å². The van der Waals surface area contributed by atoms with Crippen LogP contribution in [0.3, 0.4) is 0 Å². The van der Waals surface area contributed by atoms with Gasteiger partial charge in [-0.15, -0.1) is 0 Å². The van der Waals surface area contributed by atoms with Crippen LogP contribution in [0.1, 0.15) is 12.8 Å². The summed E-state index contributed by atoms with van der Waals surface area (Å²) in [5.74, 6) is -0.229. The van der Waals surface area contributed by atoms with E-state index in [1.165, 1.54) is 12.8 Å². The lowest BCUT2D eigenvalue weighted by atomic mass is 10.2. The molecule has 2 saturated heterocycles. The maximum Gasteiger partial charge on any atom is 0.231 e. The van der Waals surface area contributed by atoms with Crippen LogP contribution >= 0.6 is 0 Å². The van der Waals surface area contributed by atoms with Crippen LogP contribution in [0.2, 0.25) is 0 Å². The Hall–Kier alpha value is -0.650. The molecule has 0 radical (unpaired) electrons. The van der Waals surface area contributed by atoms with E-state index < -0.39 is 0 Å². The lowest BCUT2D eigenvalue weighted by Gasteiger charge is -2.35. The van der Waals surface area contributed by atoms with E-state index in [4.69, 9.17) is 10.5 Å². The quantitative estimate of drug-likeness (QED) is 0.688. The van der Waals surface area contributed by atoms with Crippen LogP contribution in [0.25, 0.3) is 0 Å². The third-order valence-corrected chi connectivity index (χ3v) is 3.33. The summed E-state index contributed by atoms with van der Waals surface area (Å²) in [6.45, 7) is 6.29. The minimum absolute atomic E-state index is 0.229. The second-order valence-corrected chi connectivity index (χ2v) is 4.68. The molecule has 0 saturated carbocycles. The van der Waals surface area contributed by atoms with E-state index in [1.807, 2.05) is 0 Å². The van der Waals surface area contributed by atoms with Gasteiger partial charge >= 0.3 is 0 Å². The molecule has 16 heavy (non-hydrogen) atoms. The highest BCUT2D eigenvalue weighted by molar-refractivity contribution is 5.75. The van der Waals surface area contributed by atoms with Gasteiger partial charge in [-0.05, 0) is 12.8 Å². The van der Waals surface area contributed by atoms with Crippen molar-refractivity contribution >= 4 is 5.91 Å². The molecule has 2 aliphatic heterocycles. The lowest BCUT2D eigenvalue weighted by molar-refractivity contribution is -0.119. The Morgan fingerprint density at radius 2 is 1.94 bits per heavy atom. The molecule has 2 N–H and O–H groups in total. The highest BCUT2D eigenvalue weighted by Crippen LogP contribution is 2.14. The molecule has 1 amide bonds. The first kappa shape index (κ1) is 11.8. The van der Waals surface area contributed by atoms with E-state index in [-0.39, 0.29) is 5.91 Å². The Morgan fingerprint density at radius 3 is 2.50 bits per heavy atom. The van der Waals surface area contributed by atoms with E-state index in [0.29, 0.717) is 12.6 Å². The van der Waals surface area contributed by atoms with Gasteiger partial charge in [-0.3, -0.25) is 14.6 Å². The number of hydrogen-bond acceptors (Lipinski definition) is 4. The van der Waals surface area contributed by atoms with Crippen molar-refractivity contribution in [2.75, 3.05) is 45.9 Å². The van der Waals surface area contributed by atoms with Gasteiger partial charge in [0.25, 0.3) is 0 Å². The monoisotopic (exact) mass is 227 g/mol. The maximum absolute atomic E-state index is 10.8. The summed E-state index contributed by atoms with van der Waals surface area (Å²) in [6.07, 6.45) is 2.83. The van der Waals surface area contributed by atoms with E-state index >= 15 is 0 Å². The number of amides is 1. The first-order valence-corrected chi connectivity index (χ1v) is 6.08. The lowest BCUT2D eigenvalue weighted by Crippen LogP contribution is -2.50. The molecule has 0 aliphatic carbocycles. The number of carbonyl (C=O) groups is 1. The molecule has 2 fully saturated rings. The molecular weight excluding hydrogens is 206 g/mol. The van der Waals surface area contributed by atoms with Gasteiger partial charge in [0.05, 0.1) is 12.6 Å². The van der Waals surface area contributed by atoms with Crippen LogP contribution in [-0.2, 0) is 9.53 Å². The Labute approximate surface area is 96.5 Å². The Balaban J connectivity index is 1.66.